The first-order valence-corrected chi connectivity index (χ1v) is 8.18. The number of aryl methyl sites for hydroxylation is 1. The Hall–Kier alpha value is -1.36. The Balaban J connectivity index is 2.26. The smallest absolute Gasteiger partial charge is 0.134 e. The lowest BCUT2D eigenvalue weighted by atomic mass is 10.0. The second kappa shape index (κ2) is 7.59. The second-order valence-corrected chi connectivity index (χ2v) is 5.91. The molecule has 0 spiro atoms. The van der Waals surface area contributed by atoms with Gasteiger partial charge in [0.15, 0.2) is 0 Å². The number of anilines is 2. The number of aliphatic hydroxyl groups excluding tert-OH is 1. The summed E-state index contributed by atoms with van der Waals surface area (Å²) in [5.41, 5.74) is 0. The minimum absolute atomic E-state index is 0.174. The molecule has 0 aromatic carbocycles. The molecule has 21 heavy (non-hydrogen) atoms. The molecule has 1 aromatic rings. The molecule has 0 aliphatic carbocycles. The second-order valence-electron chi connectivity index (χ2n) is 5.91. The Labute approximate surface area is 127 Å². The van der Waals surface area contributed by atoms with E-state index in [2.05, 4.69) is 36.0 Å². The lowest BCUT2D eigenvalue weighted by Crippen LogP contribution is -2.36. The average molecular weight is 292 g/mol. The largest absolute Gasteiger partial charge is 0.394 e. The summed E-state index contributed by atoms with van der Waals surface area (Å²) in [6.07, 6.45) is 4.11. The molecule has 2 unspecified atom stereocenters. The fourth-order valence-electron chi connectivity index (χ4n) is 2.88. The number of hydrogen-bond donors (Lipinski definition) is 2. The summed E-state index contributed by atoms with van der Waals surface area (Å²) < 4.78 is 0. The molecule has 0 saturated carbocycles. The van der Waals surface area contributed by atoms with Crippen LogP contribution < -0.4 is 10.2 Å². The number of nitrogens with zero attached hydrogens (tertiary/aromatic N) is 3. The molecular weight excluding hydrogens is 264 g/mol. The molecule has 1 fully saturated rings. The van der Waals surface area contributed by atoms with Crippen LogP contribution in [-0.2, 0) is 6.42 Å². The van der Waals surface area contributed by atoms with E-state index in [4.69, 9.17) is 4.98 Å². The Morgan fingerprint density at radius 2 is 2.14 bits per heavy atom. The summed E-state index contributed by atoms with van der Waals surface area (Å²) in [5.74, 6) is 3.26. The van der Waals surface area contributed by atoms with Gasteiger partial charge in [-0.05, 0) is 25.2 Å². The van der Waals surface area contributed by atoms with Gasteiger partial charge in [-0.15, -0.1) is 0 Å². The average Bonchev–Trinajstić information content (AvgIpc) is 2.86. The number of rotatable bonds is 7. The van der Waals surface area contributed by atoms with Gasteiger partial charge in [0.1, 0.15) is 17.5 Å². The van der Waals surface area contributed by atoms with Gasteiger partial charge in [-0.2, -0.15) is 0 Å². The van der Waals surface area contributed by atoms with Gasteiger partial charge in [0.25, 0.3) is 0 Å². The van der Waals surface area contributed by atoms with E-state index < -0.39 is 0 Å². The Bertz CT molecular complexity index is 452. The van der Waals surface area contributed by atoms with Gasteiger partial charge >= 0.3 is 0 Å². The first-order chi connectivity index (χ1) is 10.2. The van der Waals surface area contributed by atoms with Crippen molar-refractivity contribution in [1.29, 1.82) is 0 Å². The highest BCUT2D eigenvalue weighted by molar-refractivity contribution is 5.51. The van der Waals surface area contributed by atoms with E-state index in [1.807, 2.05) is 6.07 Å². The van der Waals surface area contributed by atoms with Crippen molar-refractivity contribution in [2.75, 3.05) is 29.9 Å². The maximum atomic E-state index is 9.65. The van der Waals surface area contributed by atoms with E-state index in [1.165, 1.54) is 0 Å². The molecule has 2 N–H and O–H groups in total. The maximum absolute atomic E-state index is 9.65. The molecule has 0 amide bonds. The van der Waals surface area contributed by atoms with E-state index in [0.29, 0.717) is 5.92 Å². The van der Waals surface area contributed by atoms with Crippen molar-refractivity contribution < 1.29 is 5.11 Å². The third kappa shape index (κ3) is 3.84. The van der Waals surface area contributed by atoms with Crippen molar-refractivity contribution >= 4 is 11.6 Å². The molecule has 2 heterocycles. The lowest BCUT2D eigenvalue weighted by Gasteiger charge is -2.27. The van der Waals surface area contributed by atoms with Crippen LogP contribution in [0.1, 0.15) is 45.9 Å². The van der Waals surface area contributed by atoms with E-state index in [9.17, 15) is 5.11 Å². The monoisotopic (exact) mass is 292 g/mol. The molecule has 118 valence electrons. The highest BCUT2D eigenvalue weighted by Crippen LogP contribution is 2.29. The third-order valence-corrected chi connectivity index (χ3v) is 4.15. The predicted octanol–water partition coefficient (Wildman–Crippen LogP) is 2.46. The van der Waals surface area contributed by atoms with E-state index >= 15 is 0 Å². The van der Waals surface area contributed by atoms with Gasteiger partial charge in [-0.3, -0.25) is 0 Å². The Morgan fingerprint density at radius 3 is 2.81 bits per heavy atom. The molecule has 0 bridgehead atoms. The zero-order valence-electron chi connectivity index (χ0n) is 13.5. The highest BCUT2D eigenvalue weighted by atomic mass is 16.3. The molecule has 5 heteroatoms. The fraction of sp³-hybridized carbons (Fsp3) is 0.750. The molecule has 5 nitrogen and oxygen atoms in total. The van der Waals surface area contributed by atoms with Gasteiger partial charge in [0.2, 0.25) is 0 Å². The number of aromatic nitrogens is 2. The zero-order valence-corrected chi connectivity index (χ0v) is 13.5. The normalized spacial score (nSPS) is 21.8. The summed E-state index contributed by atoms with van der Waals surface area (Å²) in [5, 5.41) is 13.0. The van der Waals surface area contributed by atoms with E-state index in [0.717, 1.165) is 56.2 Å². The van der Waals surface area contributed by atoms with Crippen LogP contribution in [0, 0.1) is 5.92 Å². The van der Waals surface area contributed by atoms with Crippen LogP contribution in [-0.4, -0.2) is 40.8 Å². The van der Waals surface area contributed by atoms with Gasteiger partial charge in [0, 0.05) is 25.6 Å². The molecule has 0 radical (unpaired) electrons. The molecular formula is C16H28N4O. The maximum Gasteiger partial charge on any atom is 0.134 e. The van der Waals surface area contributed by atoms with Crippen LogP contribution in [0.25, 0.3) is 0 Å². The topological polar surface area (TPSA) is 61.3 Å². The summed E-state index contributed by atoms with van der Waals surface area (Å²) in [4.78, 5) is 11.5. The first-order valence-electron chi connectivity index (χ1n) is 8.18. The van der Waals surface area contributed by atoms with Crippen LogP contribution in [0.5, 0.6) is 0 Å². The molecule has 1 aromatic heterocycles. The minimum Gasteiger partial charge on any atom is -0.394 e. The van der Waals surface area contributed by atoms with Crippen molar-refractivity contribution in [3.63, 3.8) is 0 Å². The van der Waals surface area contributed by atoms with Gasteiger partial charge in [-0.1, -0.05) is 20.8 Å². The molecule has 2 rings (SSSR count). The predicted molar refractivity (Wildman–Crippen MR) is 86.8 cm³/mol. The molecule has 1 aliphatic heterocycles. The Kier molecular flexibility index (Phi) is 5.79. The van der Waals surface area contributed by atoms with Crippen LogP contribution in [0.3, 0.4) is 0 Å². The quantitative estimate of drug-likeness (QED) is 0.808. The Morgan fingerprint density at radius 1 is 1.33 bits per heavy atom. The van der Waals surface area contributed by atoms with Crippen molar-refractivity contribution in [3.05, 3.63) is 11.9 Å². The van der Waals surface area contributed by atoms with Gasteiger partial charge < -0.3 is 15.3 Å². The summed E-state index contributed by atoms with van der Waals surface area (Å²) >= 11 is 0. The highest BCUT2D eigenvalue weighted by Gasteiger charge is 2.31. The number of hydrogen-bond acceptors (Lipinski definition) is 5. The molecule has 1 aliphatic rings. The van der Waals surface area contributed by atoms with Gasteiger partial charge in [-0.25, -0.2) is 9.97 Å². The van der Waals surface area contributed by atoms with Crippen molar-refractivity contribution in [2.24, 2.45) is 5.92 Å². The van der Waals surface area contributed by atoms with Crippen molar-refractivity contribution in [2.45, 2.75) is 52.5 Å². The zero-order chi connectivity index (χ0) is 15.2. The number of aliphatic hydroxyl groups is 1. The van der Waals surface area contributed by atoms with Crippen LogP contribution >= 0.6 is 0 Å². The fourth-order valence-corrected chi connectivity index (χ4v) is 2.88. The van der Waals surface area contributed by atoms with Crippen molar-refractivity contribution in [3.8, 4) is 0 Å². The van der Waals surface area contributed by atoms with Crippen LogP contribution in [0.4, 0.5) is 11.6 Å². The standard InChI is InChI=1S/C16H28N4O/c1-4-6-14-18-15(17-8-5-2)10-16(19-14)20-9-7-12(3)13(20)11-21/h10,12-13,21H,4-9,11H2,1-3H3,(H,17,18,19). The van der Waals surface area contributed by atoms with E-state index in [1.54, 1.807) is 0 Å². The summed E-state index contributed by atoms with van der Waals surface area (Å²) in [7, 11) is 0. The number of nitrogens with one attached hydrogen (secondary N) is 1. The third-order valence-electron chi connectivity index (χ3n) is 4.15. The van der Waals surface area contributed by atoms with Gasteiger partial charge in [0.05, 0.1) is 12.6 Å². The lowest BCUT2D eigenvalue weighted by molar-refractivity contribution is 0.244. The molecule has 1 saturated heterocycles. The van der Waals surface area contributed by atoms with Crippen molar-refractivity contribution in [1.82, 2.24) is 9.97 Å². The summed E-state index contributed by atoms with van der Waals surface area (Å²) in [6, 6.07) is 2.20. The first kappa shape index (κ1) is 16.0. The minimum atomic E-state index is 0.174. The SMILES string of the molecule is CCCNc1cc(N2CCC(C)C2CO)nc(CCC)n1. The molecule has 2 atom stereocenters. The summed E-state index contributed by atoms with van der Waals surface area (Å²) in [6.45, 7) is 8.55. The van der Waals surface area contributed by atoms with Crippen LogP contribution in [0.15, 0.2) is 6.07 Å². The van der Waals surface area contributed by atoms with Crippen LogP contribution in [0.2, 0.25) is 0 Å². The van der Waals surface area contributed by atoms with E-state index in [-0.39, 0.29) is 12.6 Å².